The van der Waals surface area contributed by atoms with Crippen molar-refractivity contribution < 1.29 is 0 Å². The van der Waals surface area contributed by atoms with E-state index in [0.717, 1.165) is 0 Å². The lowest BCUT2D eigenvalue weighted by Gasteiger charge is -1.87. The Morgan fingerprint density at radius 2 is 1.62 bits per heavy atom. The molecule has 84 valence electrons. The summed E-state index contributed by atoms with van der Waals surface area (Å²) in [6, 6.07) is 3.14. The maximum atomic E-state index is 5.41. The highest BCUT2D eigenvalue weighted by molar-refractivity contribution is 6.29. The molecule has 2 aromatic heterocycles. The van der Waals surface area contributed by atoms with E-state index in [2.05, 4.69) is 19.9 Å². The highest BCUT2D eigenvalue weighted by atomic mass is 35.5. The number of rotatable bonds is 0. The van der Waals surface area contributed by atoms with Gasteiger partial charge in [-0.25, -0.2) is 19.9 Å². The molecule has 0 bridgehead atoms. The SMILES string of the molecule is Nc1ccnc(Cl)n1.Nc1nccc(Cl)n1. The second-order valence-electron chi connectivity index (χ2n) is 2.49. The third kappa shape index (κ3) is 4.72. The lowest BCUT2D eigenvalue weighted by molar-refractivity contribution is 1.18. The molecule has 0 aliphatic rings. The predicted molar refractivity (Wildman–Crippen MR) is 62.9 cm³/mol. The zero-order chi connectivity index (χ0) is 12.0. The van der Waals surface area contributed by atoms with Crippen molar-refractivity contribution in [1.29, 1.82) is 0 Å². The van der Waals surface area contributed by atoms with Crippen LogP contribution in [-0.2, 0) is 0 Å². The molecule has 0 aromatic carbocycles. The summed E-state index contributed by atoms with van der Waals surface area (Å²) in [4.78, 5) is 14.4. The van der Waals surface area contributed by atoms with Gasteiger partial charge in [-0.1, -0.05) is 11.6 Å². The molecule has 0 saturated heterocycles. The summed E-state index contributed by atoms with van der Waals surface area (Å²) in [5.74, 6) is 0.600. The molecule has 0 saturated carbocycles. The molecule has 0 unspecified atom stereocenters. The Labute approximate surface area is 102 Å². The van der Waals surface area contributed by atoms with Crippen LogP contribution >= 0.6 is 23.2 Å². The molecule has 0 atom stereocenters. The van der Waals surface area contributed by atoms with E-state index in [0.29, 0.717) is 11.0 Å². The van der Waals surface area contributed by atoms with Gasteiger partial charge in [-0.15, -0.1) is 0 Å². The molecular weight excluding hydrogens is 251 g/mol. The maximum Gasteiger partial charge on any atom is 0.224 e. The first-order valence-corrected chi connectivity index (χ1v) is 4.81. The molecule has 0 amide bonds. The molecular formula is C8H8Cl2N6. The standard InChI is InChI=1S/2C4H4ClN3/c5-4-7-2-1-3(6)8-4;5-3-1-2-7-4(6)8-3/h2*1-2H,(H2,6,7,8). The summed E-state index contributed by atoms with van der Waals surface area (Å²) in [7, 11) is 0. The van der Waals surface area contributed by atoms with E-state index in [1.54, 1.807) is 12.1 Å². The van der Waals surface area contributed by atoms with E-state index < -0.39 is 0 Å². The first-order valence-electron chi connectivity index (χ1n) is 4.06. The second kappa shape index (κ2) is 6.04. The van der Waals surface area contributed by atoms with E-state index in [1.807, 2.05) is 0 Å². The highest BCUT2D eigenvalue weighted by Crippen LogP contribution is 2.01. The lowest BCUT2D eigenvalue weighted by atomic mass is 10.6. The summed E-state index contributed by atoms with van der Waals surface area (Å²) >= 11 is 10.8. The molecule has 6 nitrogen and oxygen atoms in total. The fourth-order valence-corrected chi connectivity index (χ4v) is 0.995. The predicted octanol–water partition coefficient (Wildman–Crippen LogP) is 1.42. The molecule has 2 rings (SSSR count). The van der Waals surface area contributed by atoms with Crippen LogP contribution in [0.5, 0.6) is 0 Å². The van der Waals surface area contributed by atoms with Crippen molar-refractivity contribution in [2.75, 3.05) is 11.5 Å². The van der Waals surface area contributed by atoms with Crippen LogP contribution in [0.25, 0.3) is 0 Å². The van der Waals surface area contributed by atoms with Crippen molar-refractivity contribution in [2.45, 2.75) is 0 Å². The van der Waals surface area contributed by atoms with Gasteiger partial charge in [0.2, 0.25) is 11.2 Å². The third-order valence-electron chi connectivity index (χ3n) is 1.29. The monoisotopic (exact) mass is 258 g/mol. The molecule has 0 aliphatic carbocycles. The van der Waals surface area contributed by atoms with E-state index in [-0.39, 0.29) is 11.2 Å². The number of aromatic nitrogens is 4. The largest absolute Gasteiger partial charge is 0.384 e. The quantitative estimate of drug-likeness (QED) is 0.547. The van der Waals surface area contributed by atoms with Crippen LogP contribution in [0.2, 0.25) is 10.4 Å². The van der Waals surface area contributed by atoms with Crippen molar-refractivity contribution in [3.63, 3.8) is 0 Å². The Kier molecular flexibility index (Phi) is 4.68. The zero-order valence-corrected chi connectivity index (χ0v) is 9.52. The lowest BCUT2D eigenvalue weighted by Crippen LogP contribution is -1.91. The number of nitrogen functional groups attached to an aromatic ring is 2. The molecule has 2 heterocycles. The van der Waals surface area contributed by atoms with Gasteiger partial charge in [0, 0.05) is 12.4 Å². The maximum absolute atomic E-state index is 5.41. The molecule has 16 heavy (non-hydrogen) atoms. The Morgan fingerprint density at radius 3 is 2.00 bits per heavy atom. The van der Waals surface area contributed by atoms with E-state index >= 15 is 0 Å². The molecule has 0 spiro atoms. The van der Waals surface area contributed by atoms with Gasteiger partial charge in [0.25, 0.3) is 0 Å². The van der Waals surface area contributed by atoms with E-state index in [1.165, 1.54) is 12.4 Å². The highest BCUT2D eigenvalue weighted by Gasteiger charge is 1.87. The van der Waals surface area contributed by atoms with Crippen LogP contribution in [0.3, 0.4) is 0 Å². The number of nitrogens with zero attached hydrogens (tertiary/aromatic N) is 4. The summed E-state index contributed by atoms with van der Waals surface area (Å²) in [6.07, 6.45) is 3.01. The van der Waals surface area contributed by atoms with Crippen LogP contribution in [-0.4, -0.2) is 19.9 Å². The van der Waals surface area contributed by atoms with Crippen LogP contribution in [0.4, 0.5) is 11.8 Å². The Balaban J connectivity index is 0.000000160. The van der Waals surface area contributed by atoms with Crippen molar-refractivity contribution in [3.05, 3.63) is 35.0 Å². The van der Waals surface area contributed by atoms with Gasteiger partial charge in [-0.3, -0.25) is 0 Å². The van der Waals surface area contributed by atoms with Gasteiger partial charge < -0.3 is 11.5 Å². The number of nitrogens with two attached hydrogens (primary N) is 2. The minimum absolute atomic E-state index is 0.185. The van der Waals surface area contributed by atoms with Gasteiger partial charge in [0.05, 0.1) is 0 Å². The van der Waals surface area contributed by atoms with Gasteiger partial charge in [0.15, 0.2) is 0 Å². The normalized spacial score (nSPS) is 9.12. The van der Waals surface area contributed by atoms with Crippen LogP contribution in [0.15, 0.2) is 24.5 Å². The molecule has 8 heteroatoms. The molecule has 2 aromatic rings. The second-order valence-corrected chi connectivity index (χ2v) is 3.21. The number of anilines is 2. The molecule has 0 radical (unpaired) electrons. The molecule has 0 fully saturated rings. The summed E-state index contributed by atoms with van der Waals surface area (Å²) < 4.78 is 0. The fourth-order valence-electron chi connectivity index (χ4n) is 0.699. The average molecular weight is 259 g/mol. The van der Waals surface area contributed by atoms with Crippen LogP contribution < -0.4 is 11.5 Å². The third-order valence-corrected chi connectivity index (χ3v) is 1.68. The van der Waals surface area contributed by atoms with Crippen LogP contribution in [0.1, 0.15) is 0 Å². The van der Waals surface area contributed by atoms with E-state index in [9.17, 15) is 0 Å². The summed E-state index contributed by atoms with van der Waals surface area (Å²) in [5.41, 5.74) is 10.4. The van der Waals surface area contributed by atoms with Gasteiger partial charge >= 0.3 is 0 Å². The fraction of sp³-hybridized carbons (Fsp3) is 0. The first-order chi connectivity index (χ1) is 7.58. The van der Waals surface area contributed by atoms with E-state index in [4.69, 9.17) is 34.7 Å². The summed E-state index contributed by atoms with van der Waals surface area (Å²) in [5, 5.41) is 0.558. The minimum Gasteiger partial charge on any atom is -0.384 e. The van der Waals surface area contributed by atoms with Gasteiger partial charge in [-0.05, 0) is 23.7 Å². The molecule has 0 aliphatic heterocycles. The van der Waals surface area contributed by atoms with Crippen molar-refractivity contribution >= 4 is 35.0 Å². The zero-order valence-electron chi connectivity index (χ0n) is 8.01. The Morgan fingerprint density at radius 1 is 0.938 bits per heavy atom. The van der Waals surface area contributed by atoms with Crippen molar-refractivity contribution in [3.8, 4) is 0 Å². The number of hydrogen-bond donors (Lipinski definition) is 2. The smallest absolute Gasteiger partial charge is 0.224 e. The Bertz CT molecular complexity index is 386. The average Bonchev–Trinajstić information content (AvgIpc) is 2.17. The van der Waals surface area contributed by atoms with Gasteiger partial charge in [-0.2, -0.15) is 0 Å². The van der Waals surface area contributed by atoms with Crippen LogP contribution in [0, 0.1) is 0 Å². The van der Waals surface area contributed by atoms with Crippen molar-refractivity contribution in [2.24, 2.45) is 0 Å². The Hall–Kier alpha value is -1.66. The molecule has 4 N–H and O–H groups in total. The number of halogens is 2. The van der Waals surface area contributed by atoms with Gasteiger partial charge in [0.1, 0.15) is 11.0 Å². The first kappa shape index (κ1) is 12.4. The summed E-state index contributed by atoms with van der Waals surface area (Å²) in [6.45, 7) is 0. The van der Waals surface area contributed by atoms with Crippen molar-refractivity contribution in [1.82, 2.24) is 19.9 Å². The topological polar surface area (TPSA) is 104 Å². The number of hydrogen-bond acceptors (Lipinski definition) is 6. The minimum atomic E-state index is 0.185.